The maximum absolute atomic E-state index is 12.6. The van der Waals surface area contributed by atoms with Crippen molar-refractivity contribution in [3.05, 3.63) is 77.7 Å². The Kier molecular flexibility index (Phi) is 5.07. The number of benzene rings is 1. The highest BCUT2D eigenvalue weighted by molar-refractivity contribution is 5.97. The number of amides is 1. The molecule has 0 aliphatic rings. The van der Waals surface area contributed by atoms with E-state index in [1.807, 2.05) is 36.4 Å². The normalized spacial score (nSPS) is 11.7. The monoisotopic (exact) mass is 350 g/mol. The van der Waals surface area contributed by atoms with Gasteiger partial charge in [0, 0.05) is 12.6 Å². The Morgan fingerprint density at radius 2 is 1.88 bits per heavy atom. The Bertz CT molecular complexity index is 907. The number of carbonyl (C=O) groups is 2. The predicted octanol–water partition coefficient (Wildman–Crippen LogP) is 2.00. The summed E-state index contributed by atoms with van der Waals surface area (Å²) in [5, 5.41) is 16.2. The highest BCUT2D eigenvalue weighted by atomic mass is 16.4. The molecule has 0 bridgehead atoms. The molecule has 7 heteroatoms. The van der Waals surface area contributed by atoms with Crippen LogP contribution in [0.1, 0.15) is 21.6 Å². The molecule has 1 aromatic carbocycles. The van der Waals surface area contributed by atoms with Gasteiger partial charge in [0.2, 0.25) is 0 Å². The summed E-state index contributed by atoms with van der Waals surface area (Å²) in [5.41, 5.74) is 1.74. The van der Waals surface area contributed by atoms with Crippen LogP contribution in [0.15, 0.2) is 60.9 Å². The summed E-state index contributed by atoms with van der Waals surface area (Å²) in [7, 11) is 0. The van der Waals surface area contributed by atoms with E-state index in [-0.39, 0.29) is 6.42 Å². The van der Waals surface area contributed by atoms with Crippen molar-refractivity contribution in [3.8, 4) is 5.82 Å². The first-order chi connectivity index (χ1) is 12.6. The number of carboxylic acid groups (broad SMARTS) is 1. The number of hydrogen-bond acceptors (Lipinski definition) is 4. The van der Waals surface area contributed by atoms with Crippen molar-refractivity contribution < 1.29 is 14.7 Å². The molecule has 2 N–H and O–H groups in total. The van der Waals surface area contributed by atoms with E-state index >= 15 is 0 Å². The van der Waals surface area contributed by atoms with Gasteiger partial charge < -0.3 is 10.4 Å². The maximum atomic E-state index is 12.6. The summed E-state index contributed by atoms with van der Waals surface area (Å²) in [6, 6.07) is 13.5. The van der Waals surface area contributed by atoms with Crippen LogP contribution in [0.3, 0.4) is 0 Å². The van der Waals surface area contributed by atoms with E-state index < -0.39 is 17.9 Å². The van der Waals surface area contributed by atoms with E-state index in [1.165, 1.54) is 6.20 Å². The second-order valence-corrected chi connectivity index (χ2v) is 5.80. The quantitative estimate of drug-likeness (QED) is 0.709. The van der Waals surface area contributed by atoms with Gasteiger partial charge in [0.05, 0.1) is 17.5 Å². The van der Waals surface area contributed by atoms with Crippen LogP contribution in [-0.2, 0) is 11.2 Å². The molecule has 0 spiro atoms. The molecular weight excluding hydrogens is 332 g/mol. The summed E-state index contributed by atoms with van der Waals surface area (Å²) in [6.45, 7) is 1.74. The average molecular weight is 350 g/mol. The van der Waals surface area contributed by atoms with E-state index in [1.54, 1.807) is 29.9 Å². The fraction of sp³-hybridized carbons (Fsp3) is 0.158. The van der Waals surface area contributed by atoms with Gasteiger partial charge in [0.1, 0.15) is 6.04 Å². The van der Waals surface area contributed by atoms with E-state index in [4.69, 9.17) is 0 Å². The molecule has 2 heterocycles. The summed E-state index contributed by atoms with van der Waals surface area (Å²) in [4.78, 5) is 28.3. The van der Waals surface area contributed by atoms with Crippen molar-refractivity contribution in [2.75, 3.05) is 0 Å². The second kappa shape index (κ2) is 7.60. The van der Waals surface area contributed by atoms with Crippen molar-refractivity contribution in [1.29, 1.82) is 0 Å². The van der Waals surface area contributed by atoms with Gasteiger partial charge in [-0.25, -0.2) is 14.5 Å². The molecule has 2 aromatic heterocycles. The van der Waals surface area contributed by atoms with Crippen LogP contribution in [0, 0.1) is 6.92 Å². The minimum Gasteiger partial charge on any atom is -0.480 e. The lowest BCUT2D eigenvalue weighted by Gasteiger charge is -2.14. The van der Waals surface area contributed by atoms with Crippen molar-refractivity contribution in [1.82, 2.24) is 20.1 Å². The van der Waals surface area contributed by atoms with E-state index in [2.05, 4.69) is 15.4 Å². The molecule has 1 atom stereocenters. The number of aliphatic carboxylic acids is 1. The van der Waals surface area contributed by atoms with Gasteiger partial charge >= 0.3 is 5.97 Å². The fourth-order valence-corrected chi connectivity index (χ4v) is 2.63. The summed E-state index contributed by atoms with van der Waals surface area (Å²) in [6.07, 6.45) is 3.26. The smallest absolute Gasteiger partial charge is 0.326 e. The molecular formula is C19H18N4O3. The minimum absolute atomic E-state index is 0.204. The summed E-state index contributed by atoms with van der Waals surface area (Å²) >= 11 is 0. The van der Waals surface area contributed by atoms with Crippen molar-refractivity contribution in [3.63, 3.8) is 0 Å². The molecule has 0 fully saturated rings. The van der Waals surface area contributed by atoms with Crippen LogP contribution >= 0.6 is 0 Å². The topological polar surface area (TPSA) is 97.1 Å². The largest absolute Gasteiger partial charge is 0.480 e. The standard InChI is InChI=1S/C19H18N4O3/c1-13-15(12-21-23(13)17-9-5-6-10-20-17)18(24)22-16(19(25)26)11-14-7-3-2-4-8-14/h2-10,12,16H,11H2,1H3,(H,22,24)(H,25,26). The highest BCUT2D eigenvalue weighted by Crippen LogP contribution is 2.13. The van der Waals surface area contributed by atoms with Gasteiger partial charge in [0.25, 0.3) is 5.91 Å². The molecule has 0 radical (unpaired) electrons. The maximum Gasteiger partial charge on any atom is 0.326 e. The van der Waals surface area contributed by atoms with Crippen LogP contribution < -0.4 is 5.32 Å². The number of nitrogens with one attached hydrogen (secondary N) is 1. The minimum atomic E-state index is -1.09. The second-order valence-electron chi connectivity index (χ2n) is 5.80. The molecule has 0 saturated carbocycles. The molecule has 132 valence electrons. The molecule has 3 rings (SSSR count). The summed E-state index contributed by atoms with van der Waals surface area (Å²) in [5.74, 6) is -0.979. The lowest BCUT2D eigenvalue weighted by Crippen LogP contribution is -2.42. The molecule has 1 unspecified atom stereocenters. The van der Waals surface area contributed by atoms with Crippen LogP contribution in [0.25, 0.3) is 5.82 Å². The van der Waals surface area contributed by atoms with Crippen LogP contribution in [-0.4, -0.2) is 37.8 Å². The average Bonchev–Trinajstić information content (AvgIpc) is 3.04. The number of carboxylic acids is 1. The lowest BCUT2D eigenvalue weighted by atomic mass is 10.1. The van der Waals surface area contributed by atoms with Crippen molar-refractivity contribution in [2.45, 2.75) is 19.4 Å². The number of rotatable bonds is 6. The number of nitrogens with zero attached hydrogens (tertiary/aromatic N) is 3. The third-order valence-corrected chi connectivity index (χ3v) is 4.01. The predicted molar refractivity (Wildman–Crippen MR) is 95.1 cm³/mol. The molecule has 0 aliphatic carbocycles. The zero-order chi connectivity index (χ0) is 18.5. The first-order valence-corrected chi connectivity index (χ1v) is 8.10. The SMILES string of the molecule is Cc1c(C(=O)NC(Cc2ccccc2)C(=O)O)cnn1-c1ccccn1. The third kappa shape index (κ3) is 3.77. The third-order valence-electron chi connectivity index (χ3n) is 4.01. The van der Waals surface area contributed by atoms with Crippen LogP contribution in [0.2, 0.25) is 0 Å². The molecule has 0 aliphatic heterocycles. The Morgan fingerprint density at radius 3 is 2.54 bits per heavy atom. The Morgan fingerprint density at radius 1 is 1.15 bits per heavy atom. The van der Waals surface area contributed by atoms with Gasteiger partial charge in [-0.2, -0.15) is 5.10 Å². The number of pyridine rings is 1. The van der Waals surface area contributed by atoms with Gasteiger partial charge in [-0.05, 0) is 24.6 Å². The molecule has 26 heavy (non-hydrogen) atoms. The highest BCUT2D eigenvalue weighted by Gasteiger charge is 2.23. The first kappa shape index (κ1) is 17.3. The van der Waals surface area contributed by atoms with Crippen molar-refractivity contribution in [2.24, 2.45) is 0 Å². The molecule has 1 amide bonds. The molecule has 3 aromatic rings. The van der Waals surface area contributed by atoms with E-state index in [0.717, 1.165) is 5.56 Å². The zero-order valence-corrected chi connectivity index (χ0v) is 14.2. The number of hydrogen-bond donors (Lipinski definition) is 2. The Hall–Kier alpha value is -3.48. The van der Waals surface area contributed by atoms with Gasteiger partial charge in [0.15, 0.2) is 5.82 Å². The molecule has 7 nitrogen and oxygen atoms in total. The van der Waals surface area contributed by atoms with Crippen LogP contribution in [0.4, 0.5) is 0 Å². The van der Waals surface area contributed by atoms with E-state index in [0.29, 0.717) is 17.1 Å². The first-order valence-electron chi connectivity index (χ1n) is 8.10. The lowest BCUT2D eigenvalue weighted by molar-refractivity contribution is -0.139. The Balaban J connectivity index is 1.78. The zero-order valence-electron chi connectivity index (χ0n) is 14.2. The number of aromatic nitrogens is 3. The van der Waals surface area contributed by atoms with Crippen LogP contribution in [0.5, 0.6) is 0 Å². The van der Waals surface area contributed by atoms with Crippen molar-refractivity contribution >= 4 is 11.9 Å². The van der Waals surface area contributed by atoms with Gasteiger partial charge in [-0.3, -0.25) is 4.79 Å². The molecule has 0 saturated heterocycles. The summed E-state index contributed by atoms with van der Waals surface area (Å²) < 4.78 is 1.54. The number of carbonyl (C=O) groups excluding carboxylic acids is 1. The van der Waals surface area contributed by atoms with Gasteiger partial charge in [-0.15, -0.1) is 0 Å². The Labute approximate surface area is 150 Å². The fourth-order valence-electron chi connectivity index (χ4n) is 2.63. The van der Waals surface area contributed by atoms with E-state index in [9.17, 15) is 14.7 Å². The van der Waals surface area contributed by atoms with Gasteiger partial charge in [-0.1, -0.05) is 36.4 Å².